The van der Waals surface area contributed by atoms with Gasteiger partial charge in [0, 0.05) is 17.1 Å². The monoisotopic (exact) mass is 254 g/mol. The number of fused-ring (bicyclic) bond motifs is 1. The van der Waals surface area contributed by atoms with Crippen molar-refractivity contribution < 1.29 is 0 Å². The highest BCUT2D eigenvalue weighted by Crippen LogP contribution is 2.40. The number of hydrogen-bond acceptors (Lipinski definition) is 2. The predicted molar refractivity (Wildman–Crippen MR) is 80.3 cm³/mol. The molecule has 1 N–H and O–H groups in total. The fourth-order valence-electron chi connectivity index (χ4n) is 3.37. The number of rotatable bonds is 3. The van der Waals surface area contributed by atoms with E-state index in [0.717, 1.165) is 11.9 Å². The molecule has 2 heteroatoms. The van der Waals surface area contributed by atoms with E-state index < -0.39 is 0 Å². The highest BCUT2D eigenvalue weighted by molar-refractivity contribution is 5.78. The van der Waals surface area contributed by atoms with Crippen LogP contribution in [0.25, 0.3) is 10.9 Å². The molecular weight excluding hydrogens is 232 g/mol. The lowest BCUT2D eigenvalue weighted by Crippen LogP contribution is -2.24. The summed E-state index contributed by atoms with van der Waals surface area (Å²) >= 11 is 0. The molecule has 1 aromatic carbocycles. The average Bonchev–Trinajstić information content (AvgIpc) is 2.80. The Hall–Kier alpha value is -1.41. The van der Waals surface area contributed by atoms with Gasteiger partial charge in [-0.25, -0.2) is 0 Å². The Morgan fingerprint density at radius 1 is 1.26 bits per heavy atom. The van der Waals surface area contributed by atoms with Gasteiger partial charge in [-0.3, -0.25) is 4.98 Å². The fourth-order valence-corrected chi connectivity index (χ4v) is 3.37. The lowest BCUT2D eigenvalue weighted by Gasteiger charge is -2.23. The number of pyridine rings is 1. The molecule has 2 atom stereocenters. The van der Waals surface area contributed by atoms with E-state index in [-0.39, 0.29) is 0 Å². The van der Waals surface area contributed by atoms with Gasteiger partial charge in [0.2, 0.25) is 0 Å². The Labute approximate surface area is 115 Å². The molecule has 1 heterocycles. The summed E-state index contributed by atoms with van der Waals surface area (Å²) in [5.74, 6) is 0. The van der Waals surface area contributed by atoms with Crippen molar-refractivity contribution in [3.05, 3.63) is 42.1 Å². The minimum Gasteiger partial charge on any atom is -0.317 e. The zero-order chi connectivity index (χ0) is 13.3. The standard InChI is InChI=1S/C17H22N2/c1-17(10-9-14(11-17)18-2)12-15-8-7-13-5-3-4-6-16(13)19-15/h3-8,14,18H,9-12H2,1-2H3. The SMILES string of the molecule is CNC1CCC(C)(Cc2ccc3ccccc3n2)C1. The van der Waals surface area contributed by atoms with Gasteiger partial charge in [-0.15, -0.1) is 0 Å². The van der Waals surface area contributed by atoms with Gasteiger partial charge >= 0.3 is 0 Å². The van der Waals surface area contributed by atoms with E-state index in [2.05, 4.69) is 55.7 Å². The van der Waals surface area contributed by atoms with Crippen molar-refractivity contribution >= 4 is 10.9 Å². The first-order valence-electron chi connectivity index (χ1n) is 7.20. The van der Waals surface area contributed by atoms with Crippen molar-refractivity contribution in [2.75, 3.05) is 7.05 Å². The highest BCUT2D eigenvalue weighted by atomic mass is 14.9. The summed E-state index contributed by atoms with van der Waals surface area (Å²) < 4.78 is 0. The first-order valence-corrected chi connectivity index (χ1v) is 7.20. The summed E-state index contributed by atoms with van der Waals surface area (Å²) in [7, 11) is 2.07. The zero-order valence-corrected chi connectivity index (χ0v) is 11.8. The molecule has 0 bridgehead atoms. The van der Waals surface area contributed by atoms with Crippen LogP contribution in [0.4, 0.5) is 0 Å². The summed E-state index contributed by atoms with van der Waals surface area (Å²) in [5, 5.41) is 4.65. The molecule has 1 fully saturated rings. The van der Waals surface area contributed by atoms with Crippen LogP contribution in [-0.4, -0.2) is 18.1 Å². The summed E-state index contributed by atoms with van der Waals surface area (Å²) in [6.45, 7) is 2.40. The Morgan fingerprint density at radius 2 is 2.11 bits per heavy atom. The van der Waals surface area contributed by atoms with Crippen molar-refractivity contribution in [1.82, 2.24) is 10.3 Å². The van der Waals surface area contributed by atoms with E-state index in [1.54, 1.807) is 0 Å². The topological polar surface area (TPSA) is 24.9 Å². The van der Waals surface area contributed by atoms with Gasteiger partial charge in [0.05, 0.1) is 5.52 Å². The molecule has 0 spiro atoms. The van der Waals surface area contributed by atoms with Crippen LogP contribution in [0, 0.1) is 5.41 Å². The van der Waals surface area contributed by atoms with Crippen LogP contribution >= 0.6 is 0 Å². The Balaban J connectivity index is 1.81. The van der Waals surface area contributed by atoms with Gasteiger partial charge in [0.1, 0.15) is 0 Å². The van der Waals surface area contributed by atoms with Crippen LogP contribution in [0.1, 0.15) is 31.9 Å². The van der Waals surface area contributed by atoms with Crippen LogP contribution < -0.4 is 5.32 Å². The predicted octanol–water partition coefficient (Wildman–Crippen LogP) is 3.56. The van der Waals surface area contributed by atoms with E-state index in [0.29, 0.717) is 11.5 Å². The molecule has 0 aliphatic heterocycles. The summed E-state index contributed by atoms with van der Waals surface area (Å²) in [6.07, 6.45) is 4.95. The molecule has 3 rings (SSSR count). The lowest BCUT2D eigenvalue weighted by atomic mass is 9.83. The van der Waals surface area contributed by atoms with Crippen molar-refractivity contribution in [2.45, 2.75) is 38.6 Å². The number of para-hydroxylation sites is 1. The van der Waals surface area contributed by atoms with Gasteiger partial charge in [-0.1, -0.05) is 31.2 Å². The van der Waals surface area contributed by atoms with Crippen LogP contribution in [0.2, 0.25) is 0 Å². The Morgan fingerprint density at radius 3 is 2.89 bits per heavy atom. The van der Waals surface area contributed by atoms with Gasteiger partial charge in [-0.05, 0) is 50.3 Å². The number of nitrogens with zero attached hydrogens (tertiary/aromatic N) is 1. The molecule has 19 heavy (non-hydrogen) atoms. The van der Waals surface area contributed by atoms with Crippen molar-refractivity contribution in [3.8, 4) is 0 Å². The lowest BCUT2D eigenvalue weighted by molar-refractivity contribution is 0.321. The van der Waals surface area contributed by atoms with Gasteiger partial charge < -0.3 is 5.32 Å². The number of nitrogens with one attached hydrogen (secondary N) is 1. The van der Waals surface area contributed by atoms with E-state index in [1.165, 1.54) is 30.3 Å². The van der Waals surface area contributed by atoms with E-state index in [4.69, 9.17) is 4.98 Å². The maximum absolute atomic E-state index is 4.81. The molecule has 2 nitrogen and oxygen atoms in total. The first kappa shape index (κ1) is 12.6. The van der Waals surface area contributed by atoms with E-state index >= 15 is 0 Å². The number of aromatic nitrogens is 1. The largest absolute Gasteiger partial charge is 0.317 e. The molecule has 0 radical (unpaired) electrons. The van der Waals surface area contributed by atoms with Crippen molar-refractivity contribution in [3.63, 3.8) is 0 Å². The molecule has 1 aromatic heterocycles. The molecular formula is C17H22N2. The first-order chi connectivity index (χ1) is 9.18. The quantitative estimate of drug-likeness (QED) is 0.906. The van der Waals surface area contributed by atoms with Gasteiger partial charge in [0.25, 0.3) is 0 Å². The van der Waals surface area contributed by atoms with E-state index in [1.807, 2.05) is 0 Å². The molecule has 2 aromatic rings. The van der Waals surface area contributed by atoms with Crippen molar-refractivity contribution in [1.29, 1.82) is 0 Å². The second-order valence-electron chi connectivity index (χ2n) is 6.21. The molecule has 0 saturated heterocycles. The smallest absolute Gasteiger partial charge is 0.0705 e. The molecule has 1 saturated carbocycles. The third-order valence-corrected chi connectivity index (χ3v) is 4.51. The highest BCUT2D eigenvalue weighted by Gasteiger charge is 2.34. The summed E-state index contributed by atoms with van der Waals surface area (Å²) in [6, 6.07) is 13.4. The minimum atomic E-state index is 0.406. The second-order valence-corrected chi connectivity index (χ2v) is 6.21. The molecule has 1 aliphatic rings. The Bertz CT molecular complexity index is 578. The fraction of sp³-hybridized carbons (Fsp3) is 0.471. The second kappa shape index (κ2) is 4.93. The van der Waals surface area contributed by atoms with E-state index in [9.17, 15) is 0 Å². The van der Waals surface area contributed by atoms with Crippen LogP contribution in [-0.2, 0) is 6.42 Å². The maximum atomic E-state index is 4.81. The normalized spacial score (nSPS) is 26.9. The third kappa shape index (κ3) is 2.64. The molecule has 2 unspecified atom stereocenters. The van der Waals surface area contributed by atoms with Crippen molar-refractivity contribution in [2.24, 2.45) is 5.41 Å². The summed E-state index contributed by atoms with van der Waals surface area (Å²) in [5.41, 5.74) is 2.76. The number of benzene rings is 1. The number of hydrogen-bond donors (Lipinski definition) is 1. The molecule has 0 amide bonds. The van der Waals surface area contributed by atoms with Gasteiger partial charge in [0.15, 0.2) is 0 Å². The van der Waals surface area contributed by atoms with Crippen LogP contribution in [0.15, 0.2) is 36.4 Å². The maximum Gasteiger partial charge on any atom is 0.0705 e. The summed E-state index contributed by atoms with van der Waals surface area (Å²) in [4.78, 5) is 4.81. The van der Waals surface area contributed by atoms with Gasteiger partial charge in [-0.2, -0.15) is 0 Å². The van der Waals surface area contributed by atoms with Crippen LogP contribution in [0.3, 0.4) is 0 Å². The molecule has 1 aliphatic carbocycles. The van der Waals surface area contributed by atoms with Crippen LogP contribution in [0.5, 0.6) is 0 Å². The Kier molecular flexibility index (Phi) is 3.28. The molecule has 100 valence electrons. The minimum absolute atomic E-state index is 0.406. The third-order valence-electron chi connectivity index (χ3n) is 4.51. The average molecular weight is 254 g/mol. The zero-order valence-electron chi connectivity index (χ0n) is 11.8.